The molecule has 1 fully saturated rings. The number of carbonyl (C=O) groups is 1. The fourth-order valence-corrected chi connectivity index (χ4v) is 3.13. The van der Waals surface area contributed by atoms with Crippen molar-refractivity contribution in [1.82, 2.24) is 9.80 Å². The molecule has 4 nitrogen and oxygen atoms in total. The zero-order valence-corrected chi connectivity index (χ0v) is 13.8. The largest absolute Gasteiger partial charge is 0.340 e. The average molecular weight is 325 g/mol. The molecular weight excluding hydrogens is 300 g/mol. The van der Waals surface area contributed by atoms with Crippen LogP contribution in [0.2, 0.25) is 0 Å². The van der Waals surface area contributed by atoms with Crippen LogP contribution < -0.4 is 5.73 Å². The van der Waals surface area contributed by atoms with E-state index >= 15 is 0 Å². The molecular formula is C17H25F2N3O. The molecule has 0 radical (unpaired) electrons. The molecule has 2 atom stereocenters. The summed E-state index contributed by atoms with van der Waals surface area (Å²) in [6.45, 7) is 6.40. The van der Waals surface area contributed by atoms with Gasteiger partial charge in [-0.25, -0.2) is 8.78 Å². The van der Waals surface area contributed by atoms with Crippen molar-refractivity contribution in [2.24, 2.45) is 5.73 Å². The molecule has 0 saturated carbocycles. The standard InChI is InChI=1S/C17H25F2N3O/c1-3-16(14-5-4-13(18)11-15(14)19)21-6-8-22(9-7-21)17(23)10-12(2)20/h4-5,11-12,16H,3,6-10,20H2,1-2H3. The quantitative estimate of drug-likeness (QED) is 0.904. The van der Waals surface area contributed by atoms with E-state index in [1.807, 2.05) is 18.7 Å². The molecule has 1 saturated heterocycles. The zero-order chi connectivity index (χ0) is 17.0. The maximum absolute atomic E-state index is 14.0. The first-order valence-corrected chi connectivity index (χ1v) is 8.14. The van der Waals surface area contributed by atoms with Crippen LogP contribution in [0.25, 0.3) is 0 Å². The summed E-state index contributed by atoms with van der Waals surface area (Å²) < 4.78 is 27.1. The fourth-order valence-electron chi connectivity index (χ4n) is 3.13. The average Bonchev–Trinajstić information content (AvgIpc) is 2.50. The van der Waals surface area contributed by atoms with E-state index in [1.165, 1.54) is 12.1 Å². The van der Waals surface area contributed by atoms with E-state index in [-0.39, 0.29) is 18.0 Å². The minimum absolute atomic E-state index is 0.0701. The van der Waals surface area contributed by atoms with Gasteiger partial charge in [-0.2, -0.15) is 0 Å². The highest BCUT2D eigenvalue weighted by Crippen LogP contribution is 2.28. The normalized spacial score (nSPS) is 18.7. The Morgan fingerprint density at radius 2 is 1.91 bits per heavy atom. The van der Waals surface area contributed by atoms with E-state index in [4.69, 9.17) is 5.73 Å². The van der Waals surface area contributed by atoms with Crippen molar-refractivity contribution in [1.29, 1.82) is 0 Å². The zero-order valence-electron chi connectivity index (χ0n) is 13.8. The molecule has 0 aromatic heterocycles. The number of rotatable bonds is 5. The molecule has 1 aromatic carbocycles. The second-order valence-corrected chi connectivity index (χ2v) is 6.19. The van der Waals surface area contributed by atoms with Gasteiger partial charge in [-0.3, -0.25) is 9.69 Å². The van der Waals surface area contributed by atoms with E-state index in [2.05, 4.69) is 4.90 Å². The van der Waals surface area contributed by atoms with E-state index in [0.29, 0.717) is 38.2 Å². The van der Waals surface area contributed by atoms with Gasteiger partial charge in [-0.05, 0) is 19.4 Å². The van der Waals surface area contributed by atoms with Crippen LogP contribution in [0.1, 0.15) is 38.3 Å². The third-order valence-corrected chi connectivity index (χ3v) is 4.31. The Morgan fingerprint density at radius 3 is 2.43 bits per heavy atom. The molecule has 0 bridgehead atoms. The Labute approximate surface area is 136 Å². The smallest absolute Gasteiger partial charge is 0.224 e. The van der Waals surface area contributed by atoms with Crippen LogP contribution in [0.15, 0.2) is 18.2 Å². The lowest BCUT2D eigenvalue weighted by Gasteiger charge is -2.39. The van der Waals surface area contributed by atoms with Gasteiger partial charge in [-0.1, -0.05) is 13.0 Å². The van der Waals surface area contributed by atoms with Crippen LogP contribution in [-0.4, -0.2) is 47.9 Å². The first-order valence-electron chi connectivity index (χ1n) is 8.14. The predicted octanol–water partition coefficient (Wildman–Crippen LogP) is 2.30. The van der Waals surface area contributed by atoms with Gasteiger partial charge in [0.1, 0.15) is 11.6 Å². The van der Waals surface area contributed by atoms with E-state index in [9.17, 15) is 13.6 Å². The molecule has 0 aliphatic carbocycles. The molecule has 128 valence electrons. The molecule has 23 heavy (non-hydrogen) atoms. The van der Waals surface area contributed by atoms with Crippen LogP contribution in [0.5, 0.6) is 0 Å². The van der Waals surface area contributed by atoms with Gasteiger partial charge in [0.15, 0.2) is 0 Å². The predicted molar refractivity (Wildman–Crippen MR) is 85.8 cm³/mol. The maximum atomic E-state index is 14.0. The number of benzene rings is 1. The Morgan fingerprint density at radius 1 is 1.26 bits per heavy atom. The van der Waals surface area contributed by atoms with Gasteiger partial charge in [0.25, 0.3) is 0 Å². The number of nitrogens with two attached hydrogens (primary N) is 1. The molecule has 1 heterocycles. The van der Waals surface area contributed by atoms with E-state index in [1.54, 1.807) is 0 Å². The van der Waals surface area contributed by atoms with Gasteiger partial charge in [0, 0.05) is 56.3 Å². The molecule has 1 aliphatic heterocycles. The molecule has 2 unspecified atom stereocenters. The molecule has 1 aliphatic rings. The monoisotopic (exact) mass is 325 g/mol. The number of carbonyl (C=O) groups excluding carboxylic acids is 1. The van der Waals surface area contributed by atoms with E-state index in [0.717, 1.165) is 12.5 Å². The van der Waals surface area contributed by atoms with Crippen LogP contribution in [0, 0.1) is 11.6 Å². The number of halogens is 2. The number of amides is 1. The molecule has 1 aromatic rings. The van der Waals surface area contributed by atoms with Gasteiger partial charge in [0.2, 0.25) is 5.91 Å². The van der Waals surface area contributed by atoms with Gasteiger partial charge in [-0.15, -0.1) is 0 Å². The summed E-state index contributed by atoms with van der Waals surface area (Å²) in [6, 6.07) is 3.51. The fraction of sp³-hybridized carbons (Fsp3) is 0.588. The topological polar surface area (TPSA) is 49.6 Å². The van der Waals surface area contributed by atoms with Crippen molar-refractivity contribution in [3.63, 3.8) is 0 Å². The SMILES string of the molecule is CCC(c1ccc(F)cc1F)N1CCN(C(=O)CC(C)N)CC1. The van der Waals surface area contributed by atoms with Gasteiger partial charge < -0.3 is 10.6 Å². The maximum Gasteiger partial charge on any atom is 0.224 e. The van der Waals surface area contributed by atoms with Crippen LogP contribution in [0.4, 0.5) is 8.78 Å². The lowest BCUT2D eigenvalue weighted by molar-refractivity contribution is -0.133. The first-order chi connectivity index (χ1) is 10.9. The van der Waals surface area contributed by atoms with Crippen molar-refractivity contribution in [2.75, 3.05) is 26.2 Å². The Kier molecular flexibility index (Phi) is 6.07. The summed E-state index contributed by atoms with van der Waals surface area (Å²) in [5.41, 5.74) is 6.19. The van der Waals surface area contributed by atoms with E-state index < -0.39 is 11.6 Å². The van der Waals surface area contributed by atoms with Crippen molar-refractivity contribution in [3.05, 3.63) is 35.4 Å². The first kappa shape index (κ1) is 17.8. The van der Waals surface area contributed by atoms with Gasteiger partial charge in [0.05, 0.1) is 0 Å². The second kappa shape index (κ2) is 7.84. The lowest BCUT2D eigenvalue weighted by atomic mass is 10.0. The van der Waals surface area contributed by atoms with Crippen molar-refractivity contribution < 1.29 is 13.6 Å². The number of hydrogen-bond donors (Lipinski definition) is 1. The summed E-state index contributed by atoms with van der Waals surface area (Å²) in [4.78, 5) is 16.0. The number of nitrogens with zero attached hydrogens (tertiary/aromatic N) is 2. The number of piperazine rings is 1. The van der Waals surface area contributed by atoms with Crippen LogP contribution >= 0.6 is 0 Å². The summed E-state index contributed by atoms with van der Waals surface area (Å²) in [5, 5.41) is 0. The third kappa shape index (κ3) is 4.48. The summed E-state index contributed by atoms with van der Waals surface area (Å²) >= 11 is 0. The summed E-state index contributed by atoms with van der Waals surface area (Å²) in [5.74, 6) is -1.000. The highest BCUT2D eigenvalue weighted by molar-refractivity contribution is 5.76. The highest BCUT2D eigenvalue weighted by atomic mass is 19.1. The number of hydrogen-bond acceptors (Lipinski definition) is 3. The van der Waals surface area contributed by atoms with Gasteiger partial charge >= 0.3 is 0 Å². The minimum atomic E-state index is -0.563. The third-order valence-electron chi connectivity index (χ3n) is 4.31. The lowest BCUT2D eigenvalue weighted by Crippen LogP contribution is -2.50. The Hall–Kier alpha value is -1.53. The second-order valence-electron chi connectivity index (χ2n) is 6.19. The van der Waals surface area contributed by atoms with Crippen molar-refractivity contribution in [2.45, 2.75) is 38.8 Å². The molecule has 1 amide bonds. The molecule has 2 N–H and O–H groups in total. The summed E-state index contributed by atoms with van der Waals surface area (Å²) in [7, 11) is 0. The van der Waals surface area contributed by atoms with Crippen molar-refractivity contribution >= 4 is 5.91 Å². The molecule has 0 spiro atoms. The van der Waals surface area contributed by atoms with Crippen molar-refractivity contribution in [3.8, 4) is 0 Å². The Bertz CT molecular complexity index is 543. The van der Waals surface area contributed by atoms with Crippen LogP contribution in [0.3, 0.4) is 0 Å². The highest BCUT2D eigenvalue weighted by Gasteiger charge is 2.27. The summed E-state index contributed by atoms with van der Waals surface area (Å²) in [6.07, 6.45) is 1.08. The minimum Gasteiger partial charge on any atom is -0.340 e. The Balaban J connectivity index is 2.01. The van der Waals surface area contributed by atoms with Crippen LogP contribution in [-0.2, 0) is 4.79 Å². The molecule has 2 rings (SSSR count). The molecule has 6 heteroatoms.